The molecule has 0 radical (unpaired) electrons. The standard InChI is InChI=1S/C20H26N4O/c1-4-13(2)24-11-16-14-7-5-6-8-15(14)19(17(16)12-24)22-20(25)18-9-10-21-23(18)3/h5-10,13,16-17,19H,4,11-12H2,1-3H3,(H,22,25)/t13-,16-,17-,19+/m0/s1. The number of nitrogens with one attached hydrogen (secondary N) is 1. The van der Waals surface area contributed by atoms with Crippen molar-refractivity contribution in [3.63, 3.8) is 0 Å². The van der Waals surface area contributed by atoms with Crippen molar-refractivity contribution in [1.29, 1.82) is 0 Å². The smallest absolute Gasteiger partial charge is 0.270 e. The number of fused-ring (bicyclic) bond motifs is 3. The van der Waals surface area contributed by atoms with E-state index < -0.39 is 0 Å². The zero-order valence-electron chi connectivity index (χ0n) is 15.1. The second-order valence-electron chi connectivity index (χ2n) is 7.40. The molecule has 5 nitrogen and oxygen atoms in total. The van der Waals surface area contributed by atoms with Gasteiger partial charge in [0.1, 0.15) is 5.69 Å². The van der Waals surface area contributed by atoms with Gasteiger partial charge in [0.05, 0.1) is 6.04 Å². The van der Waals surface area contributed by atoms with Crippen LogP contribution in [-0.2, 0) is 7.05 Å². The van der Waals surface area contributed by atoms with Crippen LogP contribution in [0.1, 0.15) is 53.8 Å². The quantitative estimate of drug-likeness (QED) is 0.932. The van der Waals surface area contributed by atoms with Gasteiger partial charge in [0.2, 0.25) is 0 Å². The molecule has 2 aromatic rings. The van der Waals surface area contributed by atoms with Crippen LogP contribution in [0.15, 0.2) is 36.5 Å². The number of amides is 1. The Morgan fingerprint density at radius 2 is 2.04 bits per heavy atom. The number of likely N-dealkylation sites (tertiary alicyclic amines) is 1. The Morgan fingerprint density at radius 1 is 1.28 bits per heavy atom. The summed E-state index contributed by atoms with van der Waals surface area (Å²) in [5.41, 5.74) is 3.31. The van der Waals surface area contributed by atoms with Crippen LogP contribution in [0.4, 0.5) is 0 Å². The number of carbonyl (C=O) groups excluding carboxylic acids is 1. The van der Waals surface area contributed by atoms with Crippen LogP contribution in [-0.4, -0.2) is 39.7 Å². The van der Waals surface area contributed by atoms with Crippen LogP contribution in [0.3, 0.4) is 0 Å². The molecule has 1 aliphatic carbocycles. The minimum Gasteiger partial charge on any atom is -0.344 e. The fraction of sp³-hybridized carbons (Fsp3) is 0.500. The summed E-state index contributed by atoms with van der Waals surface area (Å²) in [5.74, 6) is 0.924. The van der Waals surface area contributed by atoms with Gasteiger partial charge in [-0.3, -0.25) is 14.4 Å². The van der Waals surface area contributed by atoms with Gasteiger partial charge in [0.15, 0.2) is 0 Å². The van der Waals surface area contributed by atoms with Crippen LogP contribution in [0.2, 0.25) is 0 Å². The zero-order valence-corrected chi connectivity index (χ0v) is 15.1. The lowest BCUT2D eigenvalue weighted by molar-refractivity contribution is 0.0913. The van der Waals surface area contributed by atoms with Gasteiger partial charge in [-0.25, -0.2) is 0 Å². The number of rotatable bonds is 4. The Bertz CT molecular complexity index is 784. The van der Waals surface area contributed by atoms with Crippen LogP contribution in [0, 0.1) is 5.92 Å². The molecule has 1 N–H and O–H groups in total. The summed E-state index contributed by atoms with van der Waals surface area (Å²) in [6, 6.07) is 11.1. The first kappa shape index (κ1) is 16.3. The lowest BCUT2D eigenvalue weighted by Crippen LogP contribution is -2.36. The molecule has 1 aromatic heterocycles. The summed E-state index contributed by atoms with van der Waals surface area (Å²) in [5, 5.41) is 7.42. The number of aromatic nitrogens is 2. The van der Waals surface area contributed by atoms with Gasteiger partial charge in [-0.05, 0) is 30.5 Å². The molecule has 1 aromatic carbocycles. The first-order chi connectivity index (χ1) is 12.1. The van der Waals surface area contributed by atoms with Crippen LogP contribution in [0.25, 0.3) is 0 Å². The van der Waals surface area contributed by atoms with Gasteiger partial charge in [0.25, 0.3) is 5.91 Å². The Labute approximate surface area is 149 Å². The molecule has 4 atom stereocenters. The second-order valence-corrected chi connectivity index (χ2v) is 7.40. The van der Waals surface area contributed by atoms with Gasteiger partial charge < -0.3 is 5.32 Å². The predicted octanol–water partition coefficient (Wildman–Crippen LogP) is 2.72. The second kappa shape index (κ2) is 6.30. The van der Waals surface area contributed by atoms with Crippen molar-refractivity contribution in [2.45, 2.75) is 38.3 Å². The zero-order chi connectivity index (χ0) is 17.6. The number of hydrogen-bond acceptors (Lipinski definition) is 3. The molecule has 4 rings (SSSR count). The lowest BCUT2D eigenvalue weighted by Gasteiger charge is -2.26. The molecular weight excluding hydrogens is 312 g/mol. The normalized spacial score (nSPS) is 26.3. The fourth-order valence-corrected chi connectivity index (χ4v) is 4.50. The lowest BCUT2D eigenvalue weighted by atomic mass is 9.94. The van der Waals surface area contributed by atoms with E-state index in [9.17, 15) is 4.79 Å². The predicted molar refractivity (Wildman–Crippen MR) is 97.4 cm³/mol. The fourth-order valence-electron chi connectivity index (χ4n) is 4.50. The SMILES string of the molecule is CC[C@H](C)N1C[C@@H]2[C@H](NC(=O)c3ccnn3C)c3ccccc3[C@@H]2C1. The molecule has 0 bridgehead atoms. The molecule has 0 unspecified atom stereocenters. The van der Waals surface area contributed by atoms with Gasteiger partial charge in [0, 0.05) is 44.2 Å². The maximum Gasteiger partial charge on any atom is 0.270 e. The average Bonchev–Trinajstić information content (AvgIpc) is 3.30. The Morgan fingerprint density at radius 3 is 2.72 bits per heavy atom. The van der Waals surface area contributed by atoms with Crippen molar-refractivity contribution >= 4 is 5.91 Å². The monoisotopic (exact) mass is 338 g/mol. The molecule has 1 fully saturated rings. The first-order valence-electron chi connectivity index (χ1n) is 9.22. The molecule has 1 saturated heterocycles. The van der Waals surface area contributed by atoms with Gasteiger partial charge in [-0.15, -0.1) is 0 Å². The van der Waals surface area contributed by atoms with E-state index in [1.165, 1.54) is 11.1 Å². The van der Waals surface area contributed by atoms with Crippen molar-refractivity contribution in [2.24, 2.45) is 13.0 Å². The van der Waals surface area contributed by atoms with Gasteiger partial charge in [-0.1, -0.05) is 31.2 Å². The van der Waals surface area contributed by atoms with Crippen molar-refractivity contribution in [2.75, 3.05) is 13.1 Å². The Hall–Kier alpha value is -2.14. The van der Waals surface area contributed by atoms with Gasteiger partial charge >= 0.3 is 0 Å². The summed E-state index contributed by atoms with van der Waals surface area (Å²) in [4.78, 5) is 15.3. The minimum absolute atomic E-state index is 0.0394. The Kier molecular flexibility index (Phi) is 4.12. The number of nitrogens with zero attached hydrogens (tertiary/aromatic N) is 3. The highest BCUT2D eigenvalue weighted by Gasteiger charge is 2.47. The van der Waals surface area contributed by atoms with E-state index in [1.54, 1.807) is 24.0 Å². The molecule has 2 aliphatic rings. The molecular formula is C20H26N4O. The van der Waals surface area contributed by atoms with E-state index in [2.05, 4.69) is 53.4 Å². The van der Waals surface area contributed by atoms with Crippen molar-refractivity contribution in [3.05, 3.63) is 53.3 Å². The van der Waals surface area contributed by atoms with Crippen molar-refractivity contribution < 1.29 is 4.79 Å². The number of benzene rings is 1. The van der Waals surface area contributed by atoms with E-state index in [0.29, 0.717) is 23.6 Å². The summed E-state index contributed by atoms with van der Waals surface area (Å²) in [6.07, 6.45) is 2.83. The number of aryl methyl sites for hydroxylation is 1. The van der Waals surface area contributed by atoms with Crippen LogP contribution in [0.5, 0.6) is 0 Å². The highest BCUT2D eigenvalue weighted by Crippen LogP contribution is 2.49. The largest absolute Gasteiger partial charge is 0.344 e. The van der Waals surface area contributed by atoms with E-state index in [1.807, 2.05) is 0 Å². The Balaban J connectivity index is 1.62. The van der Waals surface area contributed by atoms with E-state index in [0.717, 1.165) is 19.5 Å². The van der Waals surface area contributed by atoms with Crippen molar-refractivity contribution in [1.82, 2.24) is 20.0 Å². The minimum atomic E-state index is -0.0394. The number of carbonyl (C=O) groups is 1. The van der Waals surface area contributed by atoms with E-state index in [4.69, 9.17) is 0 Å². The van der Waals surface area contributed by atoms with Crippen molar-refractivity contribution in [3.8, 4) is 0 Å². The summed E-state index contributed by atoms with van der Waals surface area (Å²) >= 11 is 0. The third-order valence-electron chi connectivity index (χ3n) is 6.11. The highest BCUT2D eigenvalue weighted by molar-refractivity contribution is 5.92. The van der Waals surface area contributed by atoms with Crippen LogP contribution < -0.4 is 5.32 Å². The van der Waals surface area contributed by atoms with E-state index >= 15 is 0 Å². The third kappa shape index (κ3) is 2.67. The summed E-state index contributed by atoms with van der Waals surface area (Å²) in [6.45, 7) is 6.68. The maximum absolute atomic E-state index is 12.8. The molecule has 1 aliphatic heterocycles. The molecule has 25 heavy (non-hydrogen) atoms. The average molecular weight is 338 g/mol. The number of hydrogen-bond donors (Lipinski definition) is 1. The molecule has 5 heteroatoms. The van der Waals surface area contributed by atoms with Gasteiger partial charge in [-0.2, -0.15) is 5.10 Å². The molecule has 1 amide bonds. The summed E-state index contributed by atoms with van der Waals surface area (Å²) < 4.78 is 1.63. The maximum atomic E-state index is 12.8. The highest BCUT2D eigenvalue weighted by atomic mass is 16.2. The van der Waals surface area contributed by atoms with E-state index in [-0.39, 0.29) is 11.9 Å². The molecule has 0 spiro atoms. The third-order valence-corrected chi connectivity index (χ3v) is 6.11. The molecule has 0 saturated carbocycles. The molecule has 2 heterocycles. The molecule has 132 valence electrons. The van der Waals surface area contributed by atoms with Crippen LogP contribution >= 0.6 is 0 Å². The topological polar surface area (TPSA) is 50.2 Å². The summed E-state index contributed by atoms with van der Waals surface area (Å²) in [7, 11) is 1.81. The first-order valence-corrected chi connectivity index (χ1v) is 9.22.